The Kier molecular flexibility index (Phi) is 3.69. The Morgan fingerprint density at radius 3 is 2.25 bits per heavy atom. The Morgan fingerprint density at radius 1 is 1.05 bits per heavy atom. The van der Waals surface area contributed by atoms with E-state index in [9.17, 15) is 14.4 Å². The van der Waals surface area contributed by atoms with Crippen LogP contribution in [-0.4, -0.2) is 40.7 Å². The molecule has 0 saturated carbocycles. The van der Waals surface area contributed by atoms with Gasteiger partial charge in [0, 0.05) is 17.1 Å². The van der Waals surface area contributed by atoms with Crippen LogP contribution in [0.5, 0.6) is 0 Å². The number of primary amides is 2. The van der Waals surface area contributed by atoms with Crippen molar-refractivity contribution in [2.45, 2.75) is 0 Å². The Hall–Kier alpha value is -2.83. The number of aromatic nitrogens is 1. The van der Waals surface area contributed by atoms with Crippen molar-refractivity contribution in [2.75, 3.05) is 13.1 Å². The number of nitrogens with two attached hydrogens (primary N) is 2. The van der Waals surface area contributed by atoms with Crippen molar-refractivity contribution in [2.24, 2.45) is 11.5 Å². The van der Waals surface area contributed by atoms with E-state index in [2.05, 4.69) is 4.98 Å². The number of para-hydroxylation sites is 1. The molecule has 1 aromatic heterocycles. The average molecular weight is 274 g/mol. The summed E-state index contributed by atoms with van der Waals surface area (Å²) in [6, 6.07) is 7.21. The molecular weight excluding hydrogens is 260 g/mol. The predicted octanol–water partition coefficient (Wildman–Crippen LogP) is -0.419. The van der Waals surface area contributed by atoms with Gasteiger partial charge in [0.1, 0.15) is 13.1 Å². The van der Waals surface area contributed by atoms with E-state index < -0.39 is 17.7 Å². The summed E-state index contributed by atoms with van der Waals surface area (Å²) in [7, 11) is 0. The van der Waals surface area contributed by atoms with E-state index in [0.29, 0.717) is 10.9 Å². The number of nitrogens with one attached hydrogen (secondary N) is 1. The fraction of sp³-hybridized carbons (Fsp3) is 0.154. The molecule has 1 heterocycles. The molecule has 0 radical (unpaired) electrons. The monoisotopic (exact) mass is 274 g/mol. The Balaban J connectivity index is 2.35. The van der Waals surface area contributed by atoms with Crippen LogP contribution < -0.4 is 11.5 Å². The van der Waals surface area contributed by atoms with E-state index >= 15 is 0 Å². The van der Waals surface area contributed by atoms with Gasteiger partial charge >= 0.3 is 0 Å². The van der Waals surface area contributed by atoms with Crippen LogP contribution in [0.1, 0.15) is 10.4 Å². The lowest BCUT2D eigenvalue weighted by Gasteiger charge is -2.18. The Morgan fingerprint density at radius 2 is 1.65 bits per heavy atom. The molecule has 5 N–H and O–H groups in total. The third-order valence-corrected chi connectivity index (χ3v) is 2.80. The molecule has 2 aromatic rings. The van der Waals surface area contributed by atoms with Gasteiger partial charge in [-0.25, -0.2) is 0 Å². The summed E-state index contributed by atoms with van der Waals surface area (Å²) in [5.74, 6) is -1.89. The SMILES string of the molecule is NC(=O)CN(CC(N)=O)C(=O)c1c[nH]c2ccccc12. The molecule has 0 spiro atoms. The van der Waals surface area contributed by atoms with E-state index in [-0.39, 0.29) is 13.1 Å². The minimum Gasteiger partial charge on any atom is -0.368 e. The molecule has 104 valence electrons. The molecule has 0 unspecified atom stereocenters. The van der Waals surface area contributed by atoms with Crippen LogP contribution in [-0.2, 0) is 9.59 Å². The maximum absolute atomic E-state index is 12.4. The zero-order valence-corrected chi connectivity index (χ0v) is 10.6. The molecule has 20 heavy (non-hydrogen) atoms. The topological polar surface area (TPSA) is 122 Å². The maximum atomic E-state index is 12.4. The number of fused-ring (bicyclic) bond motifs is 1. The third kappa shape index (κ3) is 2.77. The first-order valence-corrected chi connectivity index (χ1v) is 5.91. The minimum atomic E-state index is -0.709. The zero-order valence-electron chi connectivity index (χ0n) is 10.6. The molecule has 2 rings (SSSR count). The molecule has 0 saturated heterocycles. The largest absolute Gasteiger partial charge is 0.368 e. The van der Waals surface area contributed by atoms with Crippen LogP contribution >= 0.6 is 0 Å². The second-order valence-electron chi connectivity index (χ2n) is 4.34. The quantitative estimate of drug-likeness (QED) is 0.686. The van der Waals surface area contributed by atoms with Crippen molar-refractivity contribution in [3.63, 3.8) is 0 Å². The van der Waals surface area contributed by atoms with E-state index in [1.54, 1.807) is 12.1 Å². The molecule has 0 atom stereocenters. The summed E-state index contributed by atoms with van der Waals surface area (Å²) < 4.78 is 0. The summed E-state index contributed by atoms with van der Waals surface area (Å²) in [5, 5.41) is 0.705. The second kappa shape index (κ2) is 5.43. The maximum Gasteiger partial charge on any atom is 0.256 e. The fourth-order valence-electron chi connectivity index (χ4n) is 1.99. The van der Waals surface area contributed by atoms with E-state index in [0.717, 1.165) is 10.4 Å². The normalized spacial score (nSPS) is 10.4. The highest BCUT2D eigenvalue weighted by Gasteiger charge is 2.22. The summed E-state index contributed by atoms with van der Waals surface area (Å²) in [5.41, 5.74) is 11.3. The molecule has 1 aromatic carbocycles. The molecule has 0 aliphatic heterocycles. The highest BCUT2D eigenvalue weighted by atomic mass is 16.2. The number of carbonyl (C=O) groups is 3. The molecule has 3 amide bonds. The summed E-state index contributed by atoms with van der Waals surface area (Å²) >= 11 is 0. The number of carbonyl (C=O) groups excluding carboxylic acids is 3. The molecule has 0 bridgehead atoms. The van der Waals surface area contributed by atoms with Gasteiger partial charge in [0.05, 0.1) is 5.56 Å². The van der Waals surface area contributed by atoms with Crippen LogP contribution in [0.2, 0.25) is 0 Å². The number of hydrogen-bond acceptors (Lipinski definition) is 3. The number of H-pyrrole nitrogens is 1. The first-order chi connectivity index (χ1) is 9.49. The fourth-order valence-corrected chi connectivity index (χ4v) is 1.99. The van der Waals surface area contributed by atoms with Crippen molar-refractivity contribution >= 4 is 28.6 Å². The van der Waals surface area contributed by atoms with E-state index in [1.807, 2.05) is 12.1 Å². The number of aromatic amines is 1. The third-order valence-electron chi connectivity index (χ3n) is 2.80. The molecule has 7 heteroatoms. The summed E-state index contributed by atoms with van der Waals surface area (Å²) in [6.07, 6.45) is 1.53. The van der Waals surface area contributed by atoms with Crippen molar-refractivity contribution in [1.82, 2.24) is 9.88 Å². The number of benzene rings is 1. The minimum absolute atomic E-state index is 0.360. The van der Waals surface area contributed by atoms with Gasteiger partial charge in [0.25, 0.3) is 5.91 Å². The number of hydrogen-bond donors (Lipinski definition) is 3. The van der Waals surface area contributed by atoms with Crippen LogP contribution in [0.3, 0.4) is 0 Å². The zero-order chi connectivity index (χ0) is 14.7. The van der Waals surface area contributed by atoms with Gasteiger partial charge in [-0.15, -0.1) is 0 Å². The van der Waals surface area contributed by atoms with Crippen molar-refractivity contribution in [3.8, 4) is 0 Å². The lowest BCUT2D eigenvalue weighted by molar-refractivity contribution is -0.121. The standard InChI is InChI=1S/C13H14N4O3/c14-11(18)6-17(7-12(15)19)13(20)9-5-16-10-4-2-1-3-8(9)10/h1-5,16H,6-7H2,(H2,14,18)(H2,15,19). The van der Waals surface area contributed by atoms with Crippen molar-refractivity contribution < 1.29 is 14.4 Å². The molecule has 7 nitrogen and oxygen atoms in total. The highest BCUT2D eigenvalue weighted by molar-refractivity contribution is 6.08. The van der Waals surface area contributed by atoms with Gasteiger partial charge in [-0.3, -0.25) is 14.4 Å². The lowest BCUT2D eigenvalue weighted by atomic mass is 10.1. The molecular formula is C13H14N4O3. The molecule has 0 aliphatic rings. The Labute approximate surface area is 114 Å². The average Bonchev–Trinajstić information content (AvgIpc) is 2.79. The predicted molar refractivity (Wildman–Crippen MR) is 72.6 cm³/mol. The van der Waals surface area contributed by atoms with Crippen LogP contribution in [0.4, 0.5) is 0 Å². The Bertz CT molecular complexity index is 661. The first kappa shape index (κ1) is 13.6. The second-order valence-corrected chi connectivity index (χ2v) is 4.34. The molecule has 0 fully saturated rings. The summed E-state index contributed by atoms with van der Waals surface area (Å²) in [6.45, 7) is -0.720. The van der Waals surface area contributed by atoms with Gasteiger partial charge in [0.2, 0.25) is 11.8 Å². The van der Waals surface area contributed by atoms with Gasteiger partial charge in [-0.05, 0) is 6.07 Å². The van der Waals surface area contributed by atoms with Gasteiger partial charge in [0.15, 0.2) is 0 Å². The van der Waals surface area contributed by atoms with Crippen LogP contribution in [0.25, 0.3) is 10.9 Å². The number of amides is 3. The van der Waals surface area contributed by atoms with Gasteiger partial charge < -0.3 is 21.4 Å². The van der Waals surface area contributed by atoms with E-state index in [4.69, 9.17) is 11.5 Å². The number of rotatable bonds is 5. The van der Waals surface area contributed by atoms with Crippen molar-refractivity contribution in [1.29, 1.82) is 0 Å². The highest BCUT2D eigenvalue weighted by Crippen LogP contribution is 2.19. The first-order valence-electron chi connectivity index (χ1n) is 5.91. The van der Waals surface area contributed by atoms with E-state index in [1.165, 1.54) is 6.20 Å². The van der Waals surface area contributed by atoms with Crippen LogP contribution in [0.15, 0.2) is 30.5 Å². The van der Waals surface area contributed by atoms with Gasteiger partial charge in [-0.2, -0.15) is 0 Å². The number of nitrogens with zero attached hydrogens (tertiary/aromatic N) is 1. The lowest BCUT2D eigenvalue weighted by Crippen LogP contribution is -2.43. The van der Waals surface area contributed by atoms with Crippen LogP contribution in [0, 0.1) is 0 Å². The smallest absolute Gasteiger partial charge is 0.256 e. The molecule has 0 aliphatic carbocycles. The van der Waals surface area contributed by atoms with Gasteiger partial charge in [-0.1, -0.05) is 18.2 Å². The van der Waals surface area contributed by atoms with Crippen molar-refractivity contribution in [3.05, 3.63) is 36.0 Å². The summed E-state index contributed by atoms with van der Waals surface area (Å²) in [4.78, 5) is 38.4.